The number of carboxylic acids is 1. The van der Waals surface area contributed by atoms with Crippen LogP contribution in [0.3, 0.4) is 0 Å². The van der Waals surface area contributed by atoms with Crippen molar-refractivity contribution < 1.29 is 14.3 Å². The van der Waals surface area contributed by atoms with Gasteiger partial charge in [0.05, 0.1) is 17.7 Å². The van der Waals surface area contributed by atoms with Crippen LogP contribution in [0.2, 0.25) is 5.15 Å². The van der Waals surface area contributed by atoms with Gasteiger partial charge in [-0.1, -0.05) is 11.6 Å². The highest BCUT2D eigenvalue weighted by Gasteiger charge is 2.47. The first kappa shape index (κ1) is 22.5. The van der Waals surface area contributed by atoms with E-state index in [0.717, 1.165) is 51.6 Å². The van der Waals surface area contributed by atoms with Crippen LogP contribution in [-0.2, 0) is 4.79 Å². The van der Waals surface area contributed by atoms with E-state index in [1.165, 1.54) is 6.20 Å². The second kappa shape index (κ2) is 8.89. The number of anilines is 2. The Kier molecular flexibility index (Phi) is 5.70. The Labute approximate surface area is 206 Å². The Bertz CT molecular complexity index is 1270. The van der Waals surface area contributed by atoms with Crippen molar-refractivity contribution in [2.75, 3.05) is 29.9 Å². The molecule has 184 valence electrons. The highest BCUT2D eigenvalue weighted by Crippen LogP contribution is 2.49. The van der Waals surface area contributed by atoms with E-state index < -0.39 is 17.7 Å². The summed E-state index contributed by atoms with van der Waals surface area (Å²) in [5.41, 5.74) is 1.63. The number of nitrogens with zero attached hydrogens (tertiary/aromatic N) is 5. The predicted molar refractivity (Wildman–Crippen MR) is 130 cm³/mol. The maximum Gasteiger partial charge on any atom is 0.307 e. The number of aliphatic carboxylic acids is 1. The van der Waals surface area contributed by atoms with Crippen LogP contribution in [0, 0.1) is 29.5 Å². The molecule has 7 rings (SSSR count). The van der Waals surface area contributed by atoms with Gasteiger partial charge in [0.2, 0.25) is 5.82 Å². The number of fused-ring (bicyclic) bond motifs is 4. The van der Waals surface area contributed by atoms with Gasteiger partial charge in [0.25, 0.3) is 0 Å². The SMILES string of the molecule is O=C(O)[C@H]1C2CCC(CC2)C1CNc1nc(-c2c[nH]c3ncc(Cl)nc23)nc(N2CCCC2)c1F. The monoisotopic (exact) mass is 499 g/mol. The summed E-state index contributed by atoms with van der Waals surface area (Å²) in [4.78, 5) is 34.8. The largest absolute Gasteiger partial charge is 0.481 e. The number of aromatic amines is 1. The highest BCUT2D eigenvalue weighted by atomic mass is 35.5. The van der Waals surface area contributed by atoms with Gasteiger partial charge in [-0.3, -0.25) is 4.79 Å². The number of halogens is 2. The fraction of sp³-hybridized carbons (Fsp3) is 0.542. The Morgan fingerprint density at radius 2 is 1.91 bits per heavy atom. The molecule has 3 N–H and O–H groups in total. The average Bonchev–Trinajstić information content (AvgIpc) is 3.54. The van der Waals surface area contributed by atoms with Gasteiger partial charge in [-0.2, -0.15) is 4.39 Å². The molecule has 4 aliphatic rings. The standard InChI is InChI=1S/C24H27ClFN7O2/c25-16-11-29-22-19(30-16)15(10-28-22)20-31-21(18(26)23(32-20)33-7-1-2-8-33)27-9-14-12-3-5-13(6-4-12)17(14)24(34)35/h10-14,17H,1-9H2,(H,28,29)(H,34,35)(H,27,31,32)/t12?,13?,14?,17-/m0/s1. The van der Waals surface area contributed by atoms with E-state index in [9.17, 15) is 9.90 Å². The van der Waals surface area contributed by atoms with Crippen LogP contribution in [0.1, 0.15) is 38.5 Å². The minimum Gasteiger partial charge on any atom is -0.481 e. The van der Waals surface area contributed by atoms with Gasteiger partial charge >= 0.3 is 5.97 Å². The summed E-state index contributed by atoms with van der Waals surface area (Å²) in [5.74, 6) is -0.514. The number of H-pyrrole nitrogens is 1. The van der Waals surface area contributed by atoms with E-state index in [1.54, 1.807) is 6.20 Å². The van der Waals surface area contributed by atoms with Gasteiger partial charge in [0.15, 0.2) is 23.1 Å². The zero-order valence-electron chi connectivity index (χ0n) is 19.2. The van der Waals surface area contributed by atoms with Crippen molar-refractivity contribution in [2.24, 2.45) is 23.7 Å². The number of rotatable bonds is 6. The first-order valence-corrected chi connectivity index (χ1v) is 12.7. The van der Waals surface area contributed by atoms with Crippen molar-refractivity contribution in [3.63, 3.8) is 0 Å². The molecule has 1 saturated heterocycles. The lowest BCUT2D eigenvalue weighted by molar-refractivity contribution is -0.151. The van der Waals surface area contributed by atoms with E-state index in [0.29, 0.717) is 35.0 Å². The summed E-state index contributed by atoms with van der Waals surface area (Å²) < 4.78 is 15.7. The van der Waals surface area contributed by atoms with Crippen LogP contribution in [0.4, 0.5) is 16.0 Å². The van der Waals surface area contributed by atoms with Crippen LogP contribution in [0.5, 0.6) is 0 Å². The lowest BCUT2D eigenvalue weighted by atomic mass is 9.58. The van der Waals surface area contributed by atoms with Gasteiger partial charge in [-0.15, -0.1) is 0 Å². The smallest absolute Gasteiger partial charge is 0.307 e. The lowest BCUT2D eigenvalue weighted by Gasteiger charge is -2.46. The summed E-state index contributed by atoms with van der Waals surface area (Å²) >= 11 is 6.08. The quantitative estimate of drug-likeness (QED) is 0.457. The maximum absolute atomic E-state index is 15.7. The minimum absolute atomic E-state index is 0.0502. The summed E-state index contributed by atoms with van der Waals surface area (Å²) in [6.07, 6.45) is 9.10. The van der Waals surface area contributed by atoms with Gasteiger partial charge in [0, 0.05) is 25.8 Å². The van der Waals surface area contributed by atoms with Crippen molar-refractivity contribution in [2.45, 2.75) is 38.5 Å². The number of hydrogen-bond acceptors (Lipinski definition) is 7. The van der Waals surface area contributed by atoms with Crippen molar-refractivity contribution >= 4 is 40.4 Å². The summed E-state index contributed by atoms with van der Waals surface area (Å²) in [6.45, 7) is 1.81. The van der Waals surface area contributed by atoms with Crippen LogP contribution >= 0.6 is 11.6 Å². The van der Waals surface area contributed by atoms with Gasteiger partial charge in [-0.25, -0.2) is 19.9 Å². The van der Waals surface area contributed by atoms with E-state index in [-0.39, 0.29) is 28.6 Å². The maximum atomic E-state index is 15.7. The van der Waals surface area contributed by atoms with E-state index in [4.69, 9.17) is 11.6 Å². The van der Waals surface area contributed by atoms with Gasteiger partial charge < -0.3 is 20.3 Å². The molecule has 4 fully saturated rings. The van der Waals surface area contributed by atoms with Crippen LogP contribution in [0.15, 0.2) is 12.4 Å². The topological polar surface area (TPSA) is 120 Å². The molecule has 0 amide bonds. The molecule has 2 bridgehead atoms. The van der Waals surface area contributed by atoms with Crippen molar-refractivity contribution in [1.82, 2.24) is 24.9 Å². The normalized spacial score (nSPS) is 25.9. The fourth-order valence-electron chi connectivity index (χ4n) is 6.32. The van der Waals surface area contributed by atoms with Crippen LogP contribution in [-0.4, -0.2) is 55.6 Å². The molecule has 0 aromatic carbocycles. The molecule has 0 spiro atoms. The molecule has 0 radical (unpaired) electrons. The number of nitrogens with one attached hydrogen (secondary N) is 2. The van der Waals surface area contributed by atoms with Crippen molar-refractivity contribution in [1.29, 1.82) is 0 Å². The summed E-state index contributed by atoms with van der Waals surface area (Å²) in [6, 6.07) is 0. The first-order chi connectivity index (χ1) is 17.0. The molecule has 35 heavy (non-hydrogen) atoms. The first-order valence-electron chi connectivity index (χ1n) is 12.3. The zero-order valence-corrected chi connectivity index (χ0v) is 19.9. The molecule has 4 heterocycles. The Hall–Kier alpha value is -3.01. The Balaban J connectivity index is 1.37. The highest BCUT2D eigenvalue weighted by molar-refractivity contribution is 6.29. The molecule has 1 aliphatic heterocycles. The minimum atomic E-state index is -0.748. The number of carbonyl (C=O) groups is 1. The third-order valence-corrected chi connectivity index (χ3v) is 8.20. The van der Waals surface area contributed by atoms with Crippen LogP contribution < -0.4 is 10.2 Å². The molecule has 3 aromatic rings. The Morgan fingerprint density at radius 3 is 2.66 bits per heavy atom. The molecule has 3 aromatic heterocycles. The fourth-order valence-corrected chi connectivity index (χ4v) is 6.45. The number of carboxylic acid groups (broad SMARTS) is 1. The summed E-state index contributed by atoms with van der Waals surface area (Å²) in [7, 11) is 0. The molecular formula is C24H27ClFN7O2. The number of aromatic nitrogens is 5. The van der Waals surface area contributed by atoms with Gasteiger partial charge in [0.1, 0.15) is 10.7 Å². The molecule has 9 nitrogen and oxygen atoms in total. The second-order valence-electron chi connectivity index (χ2n) is 9.90. The van der Waals surface area contributed by atoms with E-state index in [1.807, 2.05) is 4.90 Å². The zero-order chi connectivity index (χ0) is 24.1. The van der Waals surface area contributed by atoms with Crippen LogP contribution in [0.25, 0.3) is 22.6 Å². The second-order valence-corrected chi connectivity index (χ2v) is 10.3. The van der Waals surface area contributed by atoms with Crippen molar-refractivity contribution in [3.05, 3.63) is 23.4 Å². The molecule has 2 atom stereocenters. The Morgan fingerprint density at radius 1 is 1.17 bits per heavy atom. The molecule has 3 aliphatic carbocycles. The third kappa shape index (κ3) is 3.97. The van der Waals surface area contributed by atoms with E-state index in [2.05, 4.69) is 30.2 Å². The number of hydrogen-bond donors (Lipinski definition) is 3. The third-order valence-electron chi connectivity index (χ3n) is 8.01. The predicted octanol–water partition coefficient (Wildman–Crippen LogP) is 4.36. The lowest BCUT2D eigenvalue weighted by Crippen LogP contribution is -2.46. The molecule has 3 saturated carbocycles. The van der Waals surface area contributed by atoms with Crippen molar-refractivity contribution in [3.8, 4) is 11.4 Å². The van der Waals surface area contributed by atoms with E-state index >= 15 is 4.39 Å². The average molecular weight is 500 g/mol. The van der Waals surface area contributed by atoms with Gasteiger partial charge in [-0.05, 0) is 56.3 Å². The summed E-state index contributed by atoms with van der Waals surface area (Å²) in [5, 5.41) is 13.3. The molecular weight excluding hydrogens is 473 g/mol. The molecule has 1 unspecified atom stereocenters. The molecule has 11 heteroatoms.